The summed E-state index contributed by atoms with van der Waals surface area (Å²) < 4.78 is 25.8. The third-order valence-electron chi connectivity index (χ3n) is 6.31. The Morgan fingerprint density at radius 1 is 1.00 bits per heavy atom. The minimum Gasteiger partial charge on any atom is -0.339 e. The van der Waals surface area contributed by atoms with Crippen molar-refractivity contribution in [1.29, 1.82) is 0 Å². The lowest BCUT2D eigenvalue weighted by molar-refractivity contribution is -0.137. The van der Waals surface area contributed by atoms with Crippen LogP contribution in [-0.2, 0) is 19.6 Å². The highest BCUT2D eigenvalue weighted by molar-refractivity contribution is 7.89. The molecule has 31 heavy (non-hydrogen) atoms. The number of piperazine rings is 1. The molecule has 7 nitrogen and oxygen atoms in total. The molecule has 2 fully saturated rings. The molecule has 0 radical (unpaired) electrons. The van der Waals surface area contributed by atoms with Gasteiger partial charge in [-0.2, -0.15) is 0 Å². The Balaban J connectivity index is 1.43. The summed E-state index contributed by atoms with van der Waals surface area (Å²) in [7, 11) is -2.10. The van der Waals surface area contributed by atoms with Crippen molar-refractivity contribution in [3.63, 3.8) is 0 Å². The molecule has 170 valence electrons. The average molecular weight is 448 g/mol. The topological polar surface area (TPSA) is 86.8 Å². The molecule has 1 heterocycles. The van der Waals surface area contributed by atoms with Gasteiger partial charge in [0, 0.05) is 38.7 Å². The first-order valence-corrected chi connectivity index (χ1v) is 12.7. The van der Waals surface area contributed by atoms with E-state index in [9.17, 15) is 18.0 Å². The van der Waals surface area contributed by atoms with Crippen LogP contribution in [0.15, 0.2) is 35.2 Å². The lowest BCUT2D eigenvalue weighted by Gasteiger charge is -2.34. The lowest BCUT2D eigenvalue weighted by Crippen LogP contribution is -2.50. The summed E-state index contributed by atoms with van der Waals surface area (Å²) in [6.45, 7) is 2.24. The van der Waals surface area contributed by atoms with Crippen molar-refractivity contribution in [1.82, 2.24) is 14.5 Å². The van der Waals surface area contributed by atoms with Crippen LogP contribution in [0.3, 0.4) is 0 Å². The van der Waals surface area contributed by atoms with Crippen LogP contribution in [-0.4, -0.2) is 63.3 Å². The standard InChI is InChI=1S/C23H33N3O4S/c1-24-31(29,30)21-11-7-20(8-12-21)10-14-23(28)26-17-15-25(16-18-26)22(27)13-9-19-5-3-2-4-6-19/h7-8,10-12,14,19,24H,2-6,9,13,15-18H2,1H3. The van der Waals surface area contributed by atoms with Crippen LogP contribution in [0.1, 0.15) is 50.5 Å². The fourth-order valence-corrected chi connectivity index (χ4v) is 5.02. The number of nitrogens with zero attached hydrogens (tertiary/aromatic N) is 2. The normalized spacial score (nSPS) is 18.5. The highest BCUT2D eigenvalue weighted by Crippen LogP contribution is 2.27. The minimum absolute atomic E-state index is 0.0961. The monoisotopic (exact) mass is 447 g/mol. The van der Waals surface area contributed by atoms with Crippen molar-refractivity contribution < 1.29 is 18.0 Å². The maximum Gasteiger partial charge on any atom is 0.246 e. The van der Waals surface area contributed by atoms with Gasteiger partial charge < -0.3 is 9.80 Å². The minimum atomic E-state index is -3.47. The number of carbonyl (C=O) groups is 2. The van der Waals surface area contributed by atoms with E-state index in [0.717, 1.165) is 12.0 Å². The number of sulfonamides is 1. The summed E-state index contributed by atoms with van der Waals surface area (Å²) in [6, 6.07) is 6.34. The molecule has 0 spiro atoms. The van der Waals surface area contributed by atoms with E-state index in [-0.39, 0.29) is 16.7 Å². The molecule has 1 aromatic carbocycles. The average Bonchev–Trinajstić information content (AvgIpc) is 2.82. The summed E-state index contributed by atoms with van der Waals surface area (Å²) in [5.41, 5.74) is 0.750. The van der Waals surface area contributed by atoms with Gasteiger partial charge in [-0.3, -0.25) is 9.59 Å². The molecule has 3 rings (SSSR count). The molecular weight excluding hydrogens is 414 g/mol. The van der Waals surface area contributed by atoms with Crippen molar-refractivity contribution in [3.05, 3.63) is 35.9 Å². The second-order valence-electron chi connectivity index (χ2n) is 8.36. The van der Waals surface area contributed by atoms with Crippen LogP contribution >= 0.6 is 0 Å². The molecule has 0 unspecified atom stereocenters. The molecule has 1 saturated heterocycles. The van der Waals surface area contributed by atoms with E-state index in [1.54, 1.807) is 23.1 Å². The summed E-state index contributed by atoms with van der Waals surface area (Å²) in [5, 5.41) is 0. The molecular formula is C23H33N3O4S. The van der Waals surface area contributed by atoms with Crippen molar-refractivity contribution in [2.75, 3.05) is 33.2 Å². The molecule has 1 aliphatic carbocycles. The molecule has 1 N–H and O–H groups in total. The van der Waals surface area contributed by atoms with Gasteiger partial charge in [-0.25, -0.2) is 13.1 Å². The zero-order valence-electron chi connectivity index (χ0n) is 18.3. The van der Waals surface area contributed by atoms with Gasteiger partial charge in [0.25, 0.3) is 0 Å². The molecule has 1 aliphatic heterocycles. The van der Waals surface area contributed by atoms with E-state index >= 15 is 0 Å². The van der Waals surface area contributed by atoms with Crippen molar-refractivity contribution in [2.24, 2.45) is 5.92 Å². The number of carbonyl (C=O) groups excluding carboxylic acids is 2. The highest BCUT2D eigenvalue weighted by atomic mass is 32.2. The first-order chi connectivity index (χ1) is 14.9. The predicted molar refractivity (Wildman–Crippen MR) is 121 cm³/mol. The van der Waals surface area contributed by atoms with Gasteiger partial charge in [0.15, 0.2) is 0 Å². The first-order valence-electron chi connectivity index (χ1n) is 11.2. The first kappa shape index (κ1) is 23.5. The third kappa shape index (κ3) is 6.64. The van der Waals surface area contributed by atoms with E-state index in [2.05, 4.69) is 4.72 Å². The van der Waals surface area contributed by atoms with Gasteiger partial charge in [-0.05, 0) is 43.2 Å². The zero-order valence-corrected chi connectivity index (χ0v) is 19.1. The Morgan fingerprint density at radius 3 is 2.23 bits per heavy atom. The quantitative estimate of drug-likeness (QED) is 0.651. The SMILES string of the molecule is CNS(=O)(=O)c1ccc(C=CC(=O)N2CCN(C(=O)CCC3CCCCC3)CC2)cc1. The van der Waals surface area contributed by atoms with Crippen LogP contribution in [0.4, 0.5) is 0 Å². The van der Waals surface area contributed by atoms with Crippen molar-refractivity contribution in [2.45, 2.75) is 49.8 Å². The predicted octanol–water partition coefficient (Wildman–Crippen LogP) is 2.64. The van der Waals surface area contributed by atoms with Crippen LogP contribution in [0.2, 0.25) is 0 Å². The largest absolute Gasteiger partial charge is 0.339 e. The number of hydrogen-bond acceptors (Lipinski definition) is 4. The molecule has 8 heteroatoms. The molecule has 0 bridgehead atoms. The van der Waals surface area contributed by atoms with Crippen LogP contribution in [0.5, 0.6) is 0 Å². The van der Waals surface area contributed by atoms with Gasteiger partial charge in [0.1, 0.15) is 0 Å². The number of amides is 2. The summed E-state index contributed by atoms with van der Waals surface area (Å²) in [5.74, 6) is 0.823. The Kier molecular flexibility index (Phi) is 8.26. The molecule has 2 aliphatic rings. The molecule has 2 amide bonds. The van der Waals surface area contributed by atoms with Crippen molar-refractivity contribution in [3.8, 4) is 0 Å². The molecule has 1 saturated carbocycles. The van der Waals surface area contributed by atoms with E-state index in [1.807, 2.05) is 4.90 Å². The van der Waals surface area contributed by atoms with Gasteiger partial charge in [-0.1, -0.05) is 44.2 Å². The number of benzene rings is 1. The molecule has 0 aromatic heterocycles. The van der Waals surface area contributed by atoms with Gasteiger partial charge >= 0.3 is 0 Å². The Labute approximate surface area is 185 Å². The van der Waals surface area contributed by atoms with Crippen molar-refractivity contribution >= 4 is 27.9 Å². The van der Waals surface area contributed by atoms with Gasteiger partial charge in [0.05, 0.1) is 4.90 Å². The van der Waals surface area contributed by atoms with Crippen LogP contribution in [0, 0.1) is 5.92 Å². The smallest absolute Gasteiger partial charge is 0.246 e. The van der Waals surface area contributed by atoms with Gasteiger partial charge in [0.2, 0.25) is 21.8 Å². The number of rotatable bonds is 7. The Bertz CT molecular complexity index is 882. The summed E-state index contributed by atoms with van der Waals surface area (Å²) >= 11 is 0. The second kappa shape index (κ2) is 10.9. The number of hydrogen-bond donors (Lipinski definition) is 1. The lowest BCUT2D eigenvalue weighted by atomic mass is 9.86. The maximum atomic E-state index is 12.5. The van der Waals surface area contributed by atoms with E-state index < -0.39 is 10.0 Å². The van der Waals surface area contributed by atoms with E-state index in [1.165, 1.54) is 57.4 Å². The third-order valence-corrected chi connectivity index (χ3v) is 7.74. The zero-order chi connectivity index (χ0) is 22.3. The Hall–Kier alpha value is -2.19. The van der Waals surface area contributed by atoms with Gasteiger partial charge in [-0.15, -0.1) is 0 Å². The second-order valence-corrected chi connectivity index (χ2v) is 10.2. The van der Waals surface area contributed by atoms with E-state index in [0.29, 0.717) is 38.5 Å². The molecule has 1 aromatic rings. The van der Waals surface area contributed by atoms with Crippen LogP contribution < -0.4 is 4.72 Å². The Morgan fingerprint density at radius 2 is 1.61 bits per heavy atom. The maximum absolute atomic E-state index is 12.5. The summed E-state index contributed by atoms with van der Waals surface area (Å²) in [4.78, 5) is 28.8. The fraction of sp³-hybridized carbons (Fsp3) is 0.565. The van der Waals surface area contributed by atoms with Crippen LogP contribution in [0.25, 0.3) is 6.08 Å². The summed E-state index contributed by atoms with van der Waals surface area (Å²) in [6.07, 6.45) is 11.2. The fourth-order valence-electron chi connectivity index (χ4n) is 4.29. The van der Waals surface area contributed by atoms with E-state index in [4.69, 9.17) is 0 Å². The highest BCUT2D eigenvalue weighted by Gasteiger charge is 2.24. The number of nitrogens with one attached hydrogen (secondary N) is 1. The molecule has 0 atom stereocenters.